The third-order valence-electron chi connectivity index (χ3n) is 6.08. The molecule has 1 heterocycles. The molecule has 0 aromatic rings. The van der Waals surface area contributed by atoms with E-state index >= 15 is 0 Å². The van der Waals surface area contributed by atoms with Crippen LogP contribution in [0.5, 0.6) is 0 Å². The summed E-state index contributed by atoms with van der Waals surface area (Å²) in [6, 6.07) is 0.0286. The van der Waals surface area contributed by atoms with Gasteiger partial charge in [0.1, 0.15) is 0 Å². The van der Waals surface area contributed by atoms with E-state index in [1.807, 2.05) is 6.92 Å². The predicted octanol–water partition coefficient (Wildman–Crippen LogP) is 3.54. The predicted molar refractivity (Wildman–Crippen MR) is 85.8 cm³/mol. The molecule has 0 spiro atoms. The summed E-state index contributed by atoms with van der Waals surface area (Å²) >= 11 is 0. The first-order chi connectivity index (χ1) is 10.1. The van der Waals surface area contributed by atoms with Gasteiger partial charge in [-0.1, -0.05) is 39.0 Å². The number of rotatable bonds is 4. The van der Waals surface area contributed by atoms with Crippen molar-refractivity contribution in [2.24, 2.45) is 17.8 Å². The van der Waals surface area contributed by atoms with Crippen molar-refractivity contribution in [2.45, 2.75) is 83.8 Å². The third-order valence-corrected chi connectivity index (χ3v) is 6.08. The Hall–Kier alpha value is -0.570. The molecule has 2 saturated carbocycles. The summed E-state index contributed by atoms with van der Waals surface area (Å²) in [5.74, 6) is 2.78. The van der Waals surface area contributed by atoms with E-state index in [4.69, 9.17) is 0 Å². The summed E-state index contributed by atoms with van der Waals surface area (Å²) in [4.78, 5) is 14.7. The van der Waals surface area contributed by atoms with Gasteiger partial charge in [-0.15, -0.1) is 0 Å². The summed E-state index contributed by atoms with van der Waals surface area (Å²) in [5, 5.41) is 3.57. The molecule has 1 aliphatic heterocycles. The van der Waals surface area contributed by atoms with Crippen LogP contribution in [0.1, 0.15) is 71.6 Å². The first-order valence-corrected chi connectivity index (χ1v) is 9.21. The second kappa shape index (κ2) is 6.68. The first-order valence-electron chi connectivity index (χ1n) is 9.21. The molecular weight excluding hydrogens is 260 g/mol. The van der Waals surface area contributed by atoms with E-state index in [1.165, 1.54) is 57.8 Å². The fraction of sp³-hybridized carbons (Fsp3) is 0.944. The fourth-order valence-electron chi connectivity index (χ4n) is 4.86. The zero-order chi connectivity index (χ0) is 14.8. The molecule has 2 aliphatic carbocycles. The third kappa shape index (κ3) is 3.44. The van der Waals surface area contributed by atoms with Gasteiger partial charge in [0, 0.05) is 6.54 Å². The molecule has 3 heteroatoms. The number of carbonyl (C=O) groups excluding carboxylic acids is 1. The summed E-state index contributed by atoms with van der Waals surface area (Å²) in [5.41, 5.74) is 0. The summed E-state index contributed by atoms with van der Waals surface area (Å²) < 4.78 is 0. The number of nitrogens with zero attached hydrogens (tertiary/aromatic N) is 1. The van der Waals surface area contributed by atoms with Crippen molar-refractivity contribution in [1.82, 2.24) is 10.2 Å². The van der Waals surface area contributed by atoms with Crippen LogP contribution < -0.4 is 5.32 Å². The van der Waals surface area contributed by atoms with Crippen LogP contribution in [0, 0.1) is 17.8 Å². The quantitative estimate of drug-likeness (QED) is 0.859. The van der Waals surface area contributed by atoms with E-state index in [-0.39, 0.29) is 6.04 Å². The van der Waals surface area contributed by atoms with E-state index in [1.54, 1.807) is 0 Å². The number of nitrogens with one attached hydrogen (secondary N) is 1. The van der Waals surface area contributed by atoms with E-state index < -0.39 is 0 Å². The number of carbonyl (C=O) groups is 1. The second-order valence-electron chi connectivity index (χ2n) is 7.84. The monoisotopic (exact) mass is 292 g/mol. The molecule has 3 aliphatic rings. The molecule has 4 atom stereocenters. The van der Waals surface area contributed by atoms with Crippen LogP contribution in [0.2, 0.25) is 0 Å². The highest BCUT2D eigenvalue weighted by Crippen LogP contribution is 2.34. The number of amides is 1. The smallest absolute Gasteiger partial charge is 0.240 e. The van der Waals surface area contributed by atoms with Crippen LogP contribution in [0.25, 0.3) is 0 Å². The lowest BCUT2D eigenvalue weighted by Gasteiger charge is -2.32. The topological polar surface area (TPSA) is 32.3 Å². The lowest BCUT2D eigenvalue weighted by atomic mass is 9.81. The minimum absolute atomic E-state index is 0.0286. The zero-order valence-corrected chi connectivity index (χ0v) is 13.8. The van der Waals surface area contributed by atoms with Gasteiger partial charge in [-0.25, -0.2) is 0 Å². The Balaban J connectivity index is 1.57. The molecule has 3 fully saturated rings. The Morgan fingerprint density at radius 1 is 1.10 bits per heavy atom. The maximum atomic E-state index is 12.5. The van der Waals surface area contributed by atoms with Crippen molar-refractivity contribution < 1.29 is 4.79 Å². The lowest BCUT2D eigenvalue weighted by molar-refractivity contribution is -0.130. The van der Waals surface area contributed by atoms with Gasteiger partial charge >= 0.3 is 0 Å². The summed E-state index contributed by atoms with van der Waals surface area (Å²) in [6.07, 6.45) is 12.4. The van der Waals surface area contributed by atoms with Crippen molar-refractivity contribution in [3.8, 4) is 0 Å². The van der Waals surface area contributed by atoms with Gasteiger partial charge in [0.25, 0.3) is 0 Å². The zero-order valence-electron chi connectivity index (χ0n) is 13.8. The number of hydrogen-bond donors (Lipinski definition) is 1. The molecule has 0 aromatic heterocycles. The van der Waals surface area contributed by atoms with Gasteiger partial charge < -0.3 is 4.90 Å². The van der Waals surface area contributed by atoms with Crippen molar-refractivity contribution in [3.63, 3.8) is 0 Å². The van der Waals surface area contributed by atoms with Crippen molar-refractivity contribution in [1.29, 1.82) is 0 Å². The largest absolute Gasteiger partial charge is 0.326 e. The Kier molecular flexibility index (Phi) is 4.88. The minimum Gasteiger partial charge on any atom is -0.326 e. The van der Waals surface area contributed by atoms with Gasteiger partial charge in [-0.3, -0.25) is 10.1 Å². The fourth-order valence-corrected chi connectivity index (χ4v) is 4.86. The summed E-state index contributed by atoms with van der Waals surface area (Å²) in [7, 11) is 0. The SMILES string of the molecule is CC1CCCC(CCN2C(=O)C(C)NC2C2CCCC2)C1. The highest BCUT2D eigenvalue weighted by atomic mass is 16.2. The van der Waals surface area contributed by atoms with Crippen molar-refractivity contribution in [3.05, 3.63) is 0 Å². The molecule has 0 aromatic carbocycles. The lowest BCUT2D eigenvalue weighted by Crippen LogP contribution is -2.43. The van der Waals surface area contributed by atoms with Crippen LogP contribution in [0.3, 0.4) is 0 Å². The molecule has 1 saturated heterocycles. The molecule has 120 valence electrons. The van der Waals surface area contributed by atoms with Gasteiger partial charge in [0.05, 0.1) is 12.2 Å². The Labute approximate surface area is 129 Å². The normalized spacial score (nSPS) is 38.4. The van der Waals surface area contributed by atoms with Crippen LogP contribution in [0.4, 0.5) is 0 Å². The molecule has 0 radical (unpaired) electrons. The van der Waals surface area contributed by atoms with Gasteiger partial charge in [-0.05, 0) is 50.4 Å². The van der Waals surface area contributed by atoms with E-state index in [0.29, 0.717) is 18.0 Å². The van der Waals surface area contributed by atoms with Crippen LogP contribution in [-0.2, 0) is 4.79 Å². The molecule has 21 heavy (non-hydrogen) atoms. The van der Waals surface area contributed by atoms with E-state index in [0.717, 1.165) is 18.4 Å². The van der Waals surface area contributed by atoms with Crippen LogP contribution >= 0.6 is 0 Å². The molecule has 3 rings (SSSR count). The van der Waals surface area contributed by atoms with Crippen molar-refractivity contribution in [2.75, 3.05) is 6.54 Å². The Morgan fingerprint density at radius 2 is 1.86 bits per heavy atom. The second-order valence-corrected chi connectivity index (χ2v) is 7.84. The molecule has 1 N–H and O–H groups in total. The maximum Gasteiger partial charge on any atom is 0.240 e. The molecule has 1 amide bonds. The maximum absolute atomic E-state index is 12.5. The molecule has 3 nitrogen and oxygen atoms in total. The summed E-state index contributed by atoms with van der Waals surface area (Å²) in [6.45, 7) is 5.40. The highest BCUT2D eigenvalue weighted by Gasteiger charge is 2.41. The average Bonchev–Trinajstić information content (AvgIpc) is 3.07. The van der Waals surface area contributed by atoms with E-state index in [2.05, 4.69) is 17.1 Å². The number of hydrogen-bond acceptors (Lipinski definition) is 2. The Bertz CT molecular complexity index is 364. The van der Waals surface area contributed by atoms with Gasteiger partial charge in [0.15, 0.2) is 0 Å². The van der Waals surface area contributed by atoms with Gasteiger partial charge in [-0.2, -0.15) is 0 Å². The first kappa shape index (κ1) is 15.3. The van der Waals surface area contributed by atoms with Crippen molar-refractivity contribution >= 4 is 5.91 Å². The van der Waals surface area contributed by atoms with Crippen LogP contribution in [0.15, 0.2) is 0 Å². The Morgan fingerprint density at radius 3 is 2.57 bits per heavy atom. The average molecular weight is 292 g/mol. The van der Waals surface area contributed by atoms with E-state index in [9.17, 15) is 4.79 Å². The minimum atomic E-state index is 0.0286. The van der Waals surface area contributed by atoms with Gasteiger partial charge in [0.2, 0.25) is 5.91 Å². The standard InChI is InChI=1S/C18H32N2O/c1-13-6-5-7-15(12-13)10-11-20-17(16-8-3-4-9-16)19-14(2)18(20)21/h13-17,19H,3-12H2,1-2H3. The molecule has 4 unspecified atom stereocenters. The molecule has 0 bridgehead atoms. The molecular formula is C18H32N2O. The highest BCUT2D eigenvalue weighted by molar-refractivity contribution is 5.83. The van der Waals surface area contributed by atoms with Crippen LogP contribution in [-0.4, -0.2) is 29.6 Å².